The summed E-state index contributed by atoms with van der Waals surface area (Å²) in [7, 11) is 0. The van der Waals surface area contributed by atoms with Gasteiger partial charge >= 0.3 is 6.03 Å². The van der Waals surface area contributed by atoms with Crippen LogP contribution in [0.5, 0.6) is 0 Å². The van der Waals surface area contributed by atoms with Crippen molar-refractivity contribution in [1.82, 2.24) is 25.2 Å². The molecule has 2 fully saturated rings. The largest absolute Gasteiger partial charge is 0.332 e. The molecule has 1 unspecified atom stereocenters. The fraction of sp³-hybridized carbons (Fsp3) is 0.800. The van der Waals surface area contributed by atoms with Gasteiger partial charge in [-0.25, -0.2) is 4.79 Å². The molecule has 0 bridgehead atoms. The Labute approximate surface area is 125 Å². The Morgan fingerprint density at radius 3 is 2.71 bits per heavy atom. The average molecular weight is 291 g/mol. The minimum atomic E-state index is 0.0386. The van der Waals surface area contributed by atoms with Gasteiger partial charge in [-0.1, -0.05) is 6.42 Å². The second kappa shape index (κ2) is 5.31. The van der Waals surface area contributed by atoms with Gasteiger partial charge < -0.3 is 10.2 Å². The van der Waals surface area contributed by atoms with Gasteiger partial charge in [-0.2, -0.15) is 15.0 Å². The van der Waals surface area contributed by atoms with Gasteiger partial charge in [0.25, 0.3) is 0 Å². The van der Waals surface area contributed by atoms with Crippen molar-refractivity contribution in [2.75, 3.05) is 6.54 Å². The number of aryl methyl sites for hydroxylation is 2. The van der Waals surface area contributed by atoms with Gasteiger partial charge in [0.2, 0.25) is 0 Å². The van der Waals surface area contributed by atoms with E-state index in [9.17, 15) is 4.79 Å². The number of likely N-dealkylation sites (tertiary alicyclic amines) is 1. The zero-order valence-corrected chi connectivity index (χ0v) is 13.2. The third kappa shape index (κ3) is 2.63. The molecule has 6 heteroatoms. The summed E-state index contributed by atoms with van der Waals surface area (Å²) in [5.74, 6) is 0. The lowest BCUT2D eigenvalue weighted by atomic mass is 9.68. The Morgan fingerprint density at radius 2 is 2.19 bits per heavy atom. The molecule has 1 N–H and O–H groups in total. The molecular formula is C15H25N5O. The van der Waals surface area contributed by atoms with Gasteiger partial charge in [0.15, 0.2) is 0 Å². The Kier molecular flexibility index (Phi) is 3.63. The zero-order valence-electron chi connectivity index (χ0n) is 13.2. The molecular weight excluding hydrogens is 266 g/mol. The molecule has 0 aromatic carbocycles. The highest BCUT2D eigenvalue weighted by Gasteiger charge is 2.47. The number of aromatic nitrogens is 3. The summed E-state index contributed by atoms with van der Waals surface area (Å²) in [5, 5.41) is 11.7. The topological polar surface area (TPSA) is 63.1 Å². The number of carbonyl (C=O) groups excluding carboxylic acids is 1. The molecule has 0 radical (unpaired) electrons. The Morgan fingerprint density at radius 1 is 1.43 bits per heavy atom. The number of rotatable bonds is 3. The van der Waals surface area contributed by atoms with Gasteiger partial charge in [-0.15, -0.1) is 0 Å². The second-order valence-electron chi connectivity index (χ2n) is 6.61. The number of nitrogens with zero attached hydrogens (tertiary/aromatic N) is 4. The molecule has 1 spiro atoms. The standard InChI is InChI=1S/C15H25N5O/c1-4-20-17-12(3)13(18-20)9-16-14(21)19-10-15(6-5-7-15)8-11(19)2/h11H,4-10H2,1-3H3,(H,16,21). The van der Waals surface area contributed by atoms with Crippen molar-refractivity contribution in [2.24, 2.45) is 5.41 Å². The summed E-state index contributed by atoms with van der Waals surface area (Å²) in [4.78, 5) is 16.1. The molecule has 2 amide bonds. The maximum atomic E-state index is 12.4. The Hall–Kier alpha value is -1.59. The van der Waals surface area contributed by atoms with Crippen LogP contribution < -0.4 is 5.32 Å². The molecule has 1 aromatic heterocycles. The Bertz CT molecular complexity index is 534. The van der Waals surface area contributed by atoms with E-state index in [0.29, 0.717) is 18.0 Å². The van der Waals surface area contributed by atoms with E-state index >= 15 is 0 Å². The highest BCUT2D eigenvalue weighted by molar-refractivity contribution is 5.75. The van der Waals surface area contributed by atoms with Crippen LogP contribution in [0, 0.1) is 12.3 Å². The van der Waals surface area contributed by atoms with Crippen LogP contribution in [0.2, 0.25) is 0 Å². The smallest absolute Gasteiger partial charge is 0.317 e. The third-order valence-corrected chi connectivity index (χ3v) is 5.05. The number of amides is 2. The summed E-state index contributed by atoms with van der Waals surface area (Å²) >= 11 is 0. The molecule has 1 aromatic rings. The number of carbonyl (C=O) groups is 1. The van der Waals surface area contributed by atoms with Crippen LogP contribution >= 0.6 is 0 Å². The van der Waals surface area contributed by atoms with E-state index in [4.69, 9.17) is 0 Å². The molecule has 1 saturated carbocycles. The first-order valence-electron chi connectivity index (χ1n) is 7.98. The molecule has 3 rings (SSSR count). The molecule has 6 nitrogen and oxygen atoms in total. The molecule has 116 valence electrons. The van der Waals surface area contributed by atoms with E-state index in [0.717, 1.165) is 30.9 Å². The maximum absolute atomic E-state index is 12.4. The predicted molar refractivity (Wildman–Crippen MR) is 79.7 cm³/mol. The SMILES string of the molecule is CCn1nc(C)c(CNC(=O)N2CC3(CCC3)CC2C)n1. The first-order valence-corrected chi connectivity index (χ1v) is 7.98. The fourth-order valence-electron chi connectivity index (χ4n) is 3.66. The van der Waals surface area contributed by atoms with Crippen molar-refractivity contribution >= 4 is 6.03 Å². The van der Waals surface area contributed by atoms with E-state index in [1.807, 2.05) is 18.7 Å². The first kappa shape index (κ1) is 14.4. The predicted octanol–water partition coefficient (Wildman–Crippen LogP) is 2.08. The van der Waals surface area contributed by atoms with E-state index in [1.54, 1.807) is 4.80 Å². The first-order chi connectivity index (χ1) is 10.0. The van der Waals surface area contributed by atoms with Crippen LogP contribution in [0.1, 0.15) is 50.9 Å². The molecule has 1 aliphatic heterocycles. The monoisotopic (exact) mass is 291 g/mol. The van der Waals surface area contributed by atoms with E-state index < -0.39 is 0 Å². The number of urea groups is 1. The summed E-state index contributed by atoms with van der Waals surface area (Å²) in [5.41, 5.74) is 2.18. The van der Waals surface area contributed by atoms with Crippen LogP contribution in [0.4, 0.5) is 4.79 Å². The summed E-state index contributed by atoms with van der Waals surface area (Å²) in [6, 6.07) is 0.384. The molecule has 1 aliphatic carbocycles. The van der Waals surface area contributed by atoms with Crippen molar-refractivity contribution < 1.29 is 4.79 Å². The van der Waals surface area contributed by atoms with Crippen molar-refractivity contribution in [1.29, 1.82) is 0 Å². The lowest BCUT2D eigenvalue weighted by Gasteiger charge is -2.37. The molecule has 2 heterocycles. The van der Waals surface area contributed by atoms with Crippen molar-refractivity contribution in [3.05, 3.63) is 11.4 Å². The van der Waals surface area contributed by atoms with E-state index in [2.05, 4.69) is 22.4 Å². The van der Waals surface area contributed by atoms with Crippen LogP contribution in [-0.4, -0.2) is 38.5 Å². The van der Waals surface area contributed by atoms with Crippen LogP contribution in [0.25, 0.3) is 0 Å². The van der Waals surface area contributed by atoms with Gasteiger partial charge in [0, 0.05) is 12.6 Å². The summed E-state index contributed by atoms with van der Waals surface area (Å²) in [6.07, 6.45) is 5.04. The minimum absolute atomic E-state index is 0.0386. The second-order valence-corrected chi connectivity index (χ2v) is 6.61. The Balaban J connectivity index is 1.57. The molecule has 2 aliphatic rings. The average Bonchev–Trinajstić information content (AvgIpc) is 2.96. The number of hydrogen-bond donors (Lipinski definition) is 1. The molecule has 21 heavy (non-hydrogen) atoms. The van der Waals surface area contributed by atoms with Gasteiger partial charge in [0.05, 0.1) is 18.8 Å². The van der Waals surface area contributed by atoms with Crippen molar-refractivity contribution in [3.63, 3.8) is 0 Å². The van der Waals surface area contributed by atoms with Gasteiger partial charge in [0.1, 0.15) is 5.69 Å². The third-order valence-electron chi connectivity index (χ3n) is 5.05. The maximum Gasteiger partial charge on any atom is 0.317 e. The molecule has 1 atom stereocenters. The lowest BCUT2D eigenvalue weighted by Crippen LogP contribution is -2.43. The highest BCUT2D eigenvalue weighted by atomic mass is 16.2. The van der Waals surface area contributed by atoms with Crippen LogP contribution in [-0.2, 0) is 13.1 Å². The summed E-state index contributed by atoms with van der Waals surface area (Å²) < 4.78 is 0. The highest BCUT2D eigenvalue weighted by Crippen LogP contribution is 2.50. The van der Waals surface area contributed by atoms with Crippen molar-refractivity contribution in [2.45, 2.75) is 65.6 Å². The summed E-state index contributed by atoms with van der Waals surface area (Å²) in [6.45, 7) is 8.22. The quantitative estimate of drug-likeness (QED) is 0.927. The van der Waals surface area contributed by atoms with E-state index in [1.165, 1.54) is 19.3 Å². The van der Waals surface area contributed by atoms with Crippen LogP contribution in [0.15, 0.2) is 0 Å². The van der Waals surface area contributed by atoms with Crippen molar-refractivity contribution in [3.8, 4) is 0 Å². The normalized spacial score (nSPS) is 23.4. The van der Waals surface area contributed by atoms with Gasteiger partial charge in [-0.3, -0.25) is 0 Å². The van der Waals surface area contributed by atoms with E-state index in [-0.39, 0.29) is 6.03 Å². The van der Waals surface area contributed by atoms with Gasteiger partial charge in [-0.05, 0) is 45.4 Å². The zero-order chi connectivity index (χ0) is 15.0. The fourth-order valence-corrected chi connectivity index (χ4v) is 3.66. The lowest BCUT2D eigenvalue weighted by molar-refractivity contribution is 0.141. The minimum Gasteiger partial charge on any atom is -0.332 e. The number of hydrogen-bond acceptors (Lipinski definition) is 3. The number of nitrogens with one attached hydrogen (secondary N) is 1. The molecule has 1 saturated heterocycles. The van der Waals surface area contributed by atoms with Crippen LogP contribution in [0.3, 0.4) is 0 Å².